The van der Waals surface area contributed by atoms with E-state index in [1.54, 1.807) is 31.2 Å². The molecule has 0 aliphatic carbocycles. The first kappa shape index (κ1) is 11.2. The Morgan fingerprint density at radius 3 is 2.47 bits per heavy atom. The van der Waals surface area contributed by atoms with Gasteiger partial charge in [-0.15, -0.1) is 0 Å². The van der Waals surface area contributed by atoms with Crippen molar-refractivity contribution in [3.05, 3.63) is 35.9 Å². The van der Waals surface area contributed by atoms with Gasteiger partial charge in [0.2, 0.25) is 0 Å². The number of carboxylic acids is 1. The lowest BCUT2D eigenvalue weighted by atomic mass is 10.2. The second-order valence-corrected chi connectivity index (χ2v) is 3.34. The molecule has 0 aliphatic heterocycles. The maximum atomic E-state index is 11.5. The Bertz CT molecular complexity index is 348. The fraction of sp³-hybridized carbons (Fsp3) is 0.273. The highest BCUT2D eigenvalue weighted by Crippen LogP contribution is 1.99. The molecular formula is C11H13NO3. The predicted molar refractivity (Wildman–Crippen MR) is 55.6 cm³/mol. The third kappa shape index (κ3) is 3.81. The average molecular weight is 207 g/mol. The van der Waals surface area contributed by atoms with Crippen LogP contribution in [0.4, 0.5) is 0 Å². The minimum atomic E-state index is -0.920. The van der Waals surface area contributed by atoms with Crippen LogP contribution in [0, 0.1) is 0 Å². The molecule has 0 saturated heterocycles. The van der Waals surface area contributed by atoms with Crippen molar-refractivity contribution in [3.63, 3.8) is 0 Å². The molecule has 0 unspecified atom stereocenters. The van der Waals surface area contributed by atoms with Crippen molar-refractivity contribution in [1.29, 1.82) is 0 Å². The van der Waals surface area contributed by atoms with Crippen LogP contribution in [0.25, 0.3) is 0 Å². The molecule has 80 valence electrons. The third-order valence-electron chi connectivity index (χ3n) is 1.89. The van der Waals surface area contributed by atoms with Crippen LogP contribution in [0.2, 0.25) is 0 Å². The number of carboxylic acid groups (broad SMARTS) is 1. The summed E-state index contributed by atoms with van der Waals surface area (Å²) in [4.78, 5) is 21.9. The van der Waals surface area contributed by atoms with Gasteiger partial charge in [0.1, 0.15) is 0 Å². The fourth-order valence-corrected chi connectivity index (χ4v) is 1.21. The van der Waals surface area contributed by atoms with E-state index in [1.165, 1.54) is 0 Å². The van der Waals surface area contributed by atoms with E-state index < -0.39 is 5.97 Å². The number of amides is 1. The van der Waals surface area contributed by atoms with Gasteiger partial charge in [-0.3, -0.25) is 9.59 Å². The maximum absolute atomic E-state index is 11.5. The van der Waals surface area contributed by atoms with Gasteiger partial charge in [0.25, 0.3) is 5.91 Å². The zero-order valence-corrected chi connectivity index (χ0v) is 8.43. The van der Waals surface area contributed by atoms with E-state index in [0.29, 0.717) is 5.56 Å². The lowest BCUT2D eigenvalue weighted by molar-refractivity contribution is -0.137. The largest absolute Gasteiger partial charge is 0.481 e. The standard InChI is InChI=1S/C11H13NO3/c1-8(7-10(13)14)12-11(15)9-5-3-2-4-6-9/h2-6,8H,7H2,1H3,(H,12,15)(H,13,14)/t8-/m0/s1. The minimum Gasteiger partial charge on any atom is -0.481 e. The van der Waals surface area contributed by atoms with Gasteiger partial charge in [0.05, 0.1) is 6.42 Å². The van der Waals surface area contributed by atoms with Crippen LogP contribution >= 0.6 is 0 Å². The van der Waals surface area contributed by atoms with Gasteiger partial charge >= 0.3 is 5.97 Å². The van der Waals surface area contributed by atoms with Gasteiger partial charge in [-0.05, 0) is 19.1 Å². The summed E-state index contributed by atoms with van der Waals surface area (Å²) in [6, 6.07) is 8.34. The van der Waals surface area contributed by atoms with Crippen LogP contribution in [0.5, 0.6) is 0 Å². The van der Waals surface area contributed by atoms with Crippen molar-refractivity contribution >= 4 is 11.9 Å². The number of hydrogen-bond donors (Lipinski definition) is 2. The molecule has 0 saturated carbocycles. The van der Waals surface area contributed by atoms with Crippen LogP contribution in [0.15, 0.2) is 30.3 Å². The van der Waals surface area contributed by atoms with Crippen molar-refractivity contribution in [2.24, 2.45) is 0 Å². The van der Waals surface area contributed by atoms with E-state index in [-0.39, 0.29) is 18.4 Å². The Hall–Kier alpha value is -1.84. The number of hydrogen-bond acceptors (Lipinski definition) is 2. The van der Waals surface area contributed by atoms with Crippen LogP contribution in [0.1, 0.15) is 23.7 Å². The molecule has 2 N–H and O–H groups in total. The molecule has 1 atom stereocenters. The molecule has 0 spiro atoms. The molecule has 1 aromatic rings. The second-order valence-electron chi connectivity index (χ2n) is 3.34. The van der Waals surface area contributed by atoms with Crippen molar-refractivity contribution in [3.8, 4) is 0 Å². The zero-order chi connectivity index (χ0) is 11.3. The van der Waals surface area contributed by atoms with Crippen molar-refractivity contribution in [2.75, 3.05) is 0 Å². The van der Waals surface area contributed by atoms with E-state index >= 15 is 0 Å². The van der Waals surface area contributed by atoms with E-state index in [2.05, 4.69) is 5.32 Å². The fourth-order valence-electron chi connectivity index (χ4n) is 1.21. The van der Waals surface area contributed by atoms with Crippen LogP contribution in [0.3, 0.4) is 0 Å². The highest BCUT2D eigenvalue weighted by molar-refractivity contribution is 5.94. The molecule has 0 aromatic heterocycles. The summed E-state index contributed by atoms with van der Waals surface area (Å²) in [6.07, 6.45) is -0.0709. The van der Waals surface area contributed by atoms with Gasteiger partial charge in [-0.1, -0.05) is 18.2 Å². The van der Waals surface area contributed by atoms with Gasteiger partial charge in [0.15, 0.2) is 0 Å². The summed E-state index contributed by atoms with van der Waals surface area (Å²) in [7, 11) is 0. The van der Waals surface area contributed by atoms with Gasteiger partial charge in [-0.2, -0.15) is 0 Å². The SMILES string of the molecule is C[C@@H](CC(=O)O)NC(=O)c1ccccc1. The highest BCUT2D eigenvalue weighted by Gasteiger charge is 2.11. The van der Waals surface area contributed by atoms with Gasteiger partial charge in [-0.25, -0.2) is 0 Å². The molecule has 0 aliphatic rings. The first-order valence-corrected chi connectivity index (χ1v) is 4.67. The molecule has 1 aromatic carbocycles. The second kappa shape index (κ2) is 5.14. The van der Waals surface area contributed by atoms with Crippen LogP contribution in [-0.4, -0.2) is 23.0 Å². The summed E-state index contributed by atoms with van der Waals surface area (Å²) in [5.74, 6) is -1.17. The van der Waals surface area contributed by atoms with Crippen molar-refractivity contribution < 1.29 is 14.7 Å². The third-order valence-corrected chi connectivity index (χ3v) is 1.89. The summed E-state index contributed by atoms with van der Waals surface area (Å²) in [5.41, 5.74) is 0.537. The molecule has 0 radical (unpaired) electrons. The topological polar surface area (TPSA) is 66.4 Å². The Kier molecular flexibility index (Phi) is 3.85. The summed E-state index contributed by atoms with van der Waals surface area (Å²) < 4.78 is 0. The Morgan fingerprint density at radius 2 is 1.93 bits per heavy atom. The number of benzene rings is 1. The monoisotopic (exact) mass is 207 g/mol. The molecule has 4 heteroatoms. The van der Waals surface area contributed by atoms with Gasteiger partial charge in [0, 0.05) is 11.6 Å². The number of carbonyl (C=O) groups is 2. The number of carbonyl (C=O) groups excluding carboxylic acids is 1. The van der Waals surface area contributed by atoms with E-state index in [9.17, 15) is 9.59 Å². The van der Waals surface area contributed by atoms with Crippen molar-refractivity contribution in [1.82, 2.24) is 5.32 Å². The Labute approximate surface area is 87.9 Å². The first-order chi connectivity index (χ1) is 7.09. The molecule has 1 rings (SSSR count). The number of rotatable bonds is 4. The average Bonchev–Trinajstić information content (AvgIpc) is 2.17. The smallest absolute Gasteiger partial charge is 0.305 e. The Morgan fingerprint density at radius 1 is 1.33 bits per heavy atom. The van der Waals surface area contributed by atoms with E-state index in [1.807, 2.05) is 6.07 Å². The summed E-state index contributed by atoms with van der Waals surface area (Å²) in [6.45, 7) is 1.66. The zero-order valence-electron chi connectivity index (χ0n) is 8.43. The molecule has 15 heavy (non-hydrogen) atoms. The van der Waals surface area contributed by atoms with E-state index in [4.69, 9.17) is 5.11 Å². The number of aliphatic carboxylic acids is 1. The minimum absolute atomic E-state index is 0.0709. The lowest BCUT2D eigenvalue weighted by Gasteiger charge is -2.11. The highest BCUT2D eigenvalue weighted by atomic mass is 16.4. The first-order valence-electron chi connectivity index (χ1n) is 4.67. The predicted octanol–water partition coefficient (Wildman–Crippen LogP) is 1.28. The van der Waals surface area contributed by atoms with Crippen LogP contribution < -0.4 is 5.32 Å². The summed E-state index contributed by atoms with van der Waals surface area (Å²) in [5, 5.41) is 11.1. The molecule has 0 bridgehead atoms. The van der Waals surface area contributed by atoms with E-state index in [0.717, 1.165) is 0 Å². The Balaban J connectivity index is 2.53. The normalized spacial score (nSPS) is 11.8. The maximum Gasteiger partial charge on any atom is 0.305 e. The van der Waals surface area contributed by atoms with Crippen molar-refractivity contribution in [2.45, 2.75) is 19.4 Å². The number of nitrogens with one attached hydrogen (secondary N) is 1. The quantitative estimate of drug-likeness (QED) is 0.781. The molecule has 4 nitrogen and oxygen atoms in total. The molecular weight excluding hydrogens is 194 g/mol. The molecule has 0 fully saturated rings. The molecule has 1 amide bonds. The van der Waals surface area contributed by atoms with Gasteiger partial charge < -0.3 is 10.4 Å². The van der Waals surface area contributed by atoms with Crippen LogP contribution in [-0.2, 0) is 4.79 Å². The summed E-state index contributed by atoms with van der Waals surface area (Å²) >= 11 is 0. The lowest BCUT2D eigenvalue weighted by Crippen LogP contribution is -2.34. The molecule has 0 heterocycles.